The molecule has 0 radical (unpaired) electrons. The van der Waals surface area contributed by atoms with E-state index in [1.54, 1.807) is 0 Å². The minimum atomic E-state index is 0.221. The number of hydrogen-bond acceptors (Lipinski definition) is 3. The third-order valence-corrected chi connectivity index (χ3v) is 4.44. The molecule has 2 heterocycles. The second-order valence-corrected chi connectivity index (χ2v) is 5.90. The van der Waals surface area contributed by atoms with Crippen molar-refractivity contribution in [1.29, 1.82) is 0 Å². The molecular formula is C17H24N2O2. The highest BCUT2D eigenvalue weighted by Gasteiger charge is 2.20. The summed E-state index contributed by atoms with van der Waals surface area (Å²) in [5, 5.41) is 3.32. The molecule has 1 amide bonds. The molecule has 1 fully saturated rings. The Labute approximate surface area is 126 Å². The summed E-state index contributed by atoms with van der Waals surface area (Å²) in [6.45, 7) is 4.20. The van der Waals surface area contributed by atoms with E-state index in [-0.39, 0.29) is 5.91 Å². The van der Waals surface area contributed by atoms with Gasteiger partial charge in [-0.2, -0.15) is 0 Å². The maximum atomic E-state index is 12.3. The fourth-order valence-electron chi connectivity index (χ4n) is 3.14. The number of nitrogens with zero attached hydrogens (tertiary/aromatic N) is 1. The van der Waals surface area contributed by atoms with Gasteiger partial charge in [-0.25, -0.2) is 0 Å². The van der Waals surface area contributed by atoms with Crippen LogP contribution in [0.3, 0.4) is 0 Å². The van der Waals surface area contributed by atoms with Crippen molar-refractivity contribution >= 4 is 5.91 Å². The minimum absolute atomic E-state index is 0.221. The van der Waals surface area contributed by atoms with Crippen molar-refractivity contribution in [2.24, 2.45) is 0 Å². The van der Waals surface area contributed by atoms with Crippen LogP contribution in [0.4, 0.5) is 0 Å². The fraction of sp³-hybridized carbons (Fsp3) is 0.588. The Hall–Kier alpha value is -1.39. The van der Waals surface area contributed by atoms with Gasteiger partial charge in [0, 0.05) is 13.1 Å². The van der Waals surface area contributed by atoms with Crippen LogP contribution < -0.4 is 5.32 Å². The molecule has 2 aliphatic heterocycles. The number of benzene rings is 1. The Kier molecular flexibility index (Phi) is 4.88. The molecule has 1 N–H and O–H groups in total. The smallest absolute Gasteiger partial charge is 0.225 e. The average molecular weight is 288 g/mol. The monoisotopic (exact) mass is 288 g/mol. The highest BCUT2D eigenvalue weighted by atomic mass is 16.5. The summed E-state index contributed by atoms with van der Waals surface area (Å²) in [6.07, 6.45) is 3.93. The summed E-state index contributed by atoms with van der Waals surface area (Å²) in [5.74, 6) is 0.221. The SMILES string of the molecule is O=C(CCOC1CCNCC1)N1CCc2ccccc2C1. The van der Waals surface area contributed by atoms with Crippen LogP contribution in [0.5, 0.6) is 0 Å². The van der Waals surface area contributed by atoms with Crippen molar-refractivity contribution in [2.45, 2.75) is 38.3 Å². The third-order valence-electron chi connectivity index (χ3n) is 4.44. The van der Waals surface area contributed by atoms with Crippen LogP contribution in [0.1, 0.15) is 30.4 Å². The molecule has 1 saturated heterocycles. The average Bonchev–Trinajstić information content (AvgIpc) is 2.55. The lowest BCUT2D eigenvalue weighted by Crippen LogP contribution is -2.37. The van der Waals surface area contributed by atoms with Crippen molar-refractivity contribution in [3.63, 3.8) is 0 Å². The van der Waals surface area contributed by atoms with Crippen molar-refractivity contribution in [1.82, 2.24) is 10.2 Å². The first-order chi connectivity index (χ1) is 10.3. The molecule has 0 atom stereocenters. The summed E-state index contributed by atoms with van der Waals surface area (Å²) in [7, 11) is 0. The first-order valence-corrected chi connectivity index (χ1v) is 8.00. The normalized spacial score (nSPS) is 19.3. The number of fused-ring (bicyclic) bond motifs is 1. The predicted molar refractivity (Wildman–Crippen MR) is 82.0 cm³/mol. The summed E-state index contributed by atoms with van der Waals surface area (Å²) in [4.78, 5) is 14.2. The number of carbonyl (C=O) groups excluding carboxylic acids is 1. The van der Waals surface area contributed by atoms with Gasteiger partial charge >= 0.3 is 0 Å². The van der Waals surface area contributed by atoms with Crippen molar-refractivity contribution in [3.05, 3.63) is 35.4 Å². The molecule has 0 saturated carbocycles. The van der Waals surface area contributed by atoms with Crippen molar-refractivity contribution in [3.8, 4) is 0 Å². The van der Waals surface area contributed by atoms with E-state index < -0.39 is 0 Å². The standard InChI is InChI=1S/C17H24N2O2/c20-17(8-12-21-16-5-9-18-10-6-16)19-11-7-14-3-1-2-4-15(14)13-19/h1-4,16,18H,5-13H2. The van der Waals surface area contributed by atoms with E-state index in [2.05, 4.69) is 23.5 Å². The third kappa shape index (κ3) is 3.83. The molecule has 0 bridgehead atoms. The Bertz CT molecular complexity index is 483. The Morgan fingerprint density at radius 3 is 2.81 bits per heavy atom. The van der Waals surface area contributed by atoms with E-state index in [9.17, 15) is 4.79 Å². The fourth-order valence-corrected chi connectivity index (χ4v) is 3.14. The molecule has 0 aromatic heterocycles. The van der Waals surface area contributed by atoms with Gasteiger partial charge in [0.25, 0.3) is 0 Å². The van der Waals surface area contributed by atoms with E-state index >= 15 is 0 Å². The lowest BCUT2D eigenvalue weighted by Gasteiger charge is -2.29. The molecule has 4 heteroatoms. The molecule has 114 valence electrons. The number of ether oxygens (including phenoxy) is 1. The number of amides is 1. The molecule has 1 aromatic carbocycles. The van der Waals surface area contributed by atoms with E-state index in [4.69, 9.17) is 4.74 Å². The topological polar surface area (TPSA) is 41.6 Å². The molecule has 0 aliphatic carbocycles. The van der Waals surface area contributed by atoms with Crippen molar-refractivity contribution in [2.75, 3.05) is 26.2 Å². The van der Waals surface area contributed by atoms with Crippen LogP contribution in [0.25, 0.3) is 0 Å². The van der Waals surface area contributed by atoms with Gasteiger partial charge in [-0.3, -0.25) is 4.79 Å². The second kappa shape index (κ2) is 7.05. The van der Waals surface area contributed by atoms with Crippen molar-refractivity contribution < 1.29 is 9.53 Å². The Morgan fingerprint density at radius 2 is 2.00 bits per heavy atom. The largest absolute Gasteiger partial charge is 0.378 e. The molecule has 2 aliphatic rings. The Balaban J connectivity index is 1.44. The van der Waals surface area contributed by atoms with E-state index in [0.29, 0.717) is 19.1 Å². The van der Waals surface area contributed by atoms with Gasteiger partial charge in [0.2, 0.25) is 5.91 Å². The van der Waals surface area contributed by atoms with Crippen LogP contribution in [-0.2, 0) is 22.5 Å². The van der Waals surface area contributed by atoms with Crippen LogP contribution in [0.2, 0.25) is 0 Å². The van der Waals surface area contributed by atoms with Gasteiger partial charge < -0.3 is 15.0 Å². The quantitative estimate of drug-likeness (QED) is 0.917. The lowest BCUT2D eigenvalue weighted by atomic mass is 10.00. The molecule has 0 unspecified atom stereocenters. The summed E-state index contributed by atoms with van der Waals surface area (Å²) in [6, 6.07) is 8.41. The van der Waals surface area contributed by atoms with Gasteiger partial charge in [-0.05, 0) is 43.5 Å². The molecule has 21 heavy (non-hydrogen) atoms. The molecule has 3 rings (SSSR count). The minimum Gasteiger partial charge on any atom is -0.378 e. The predicted octanol–water partition coefficient (Wildman–Crippen LogP) is 1.73. The summed E-state index contributed by atoms with van der Waals surface area (Å²) >= 11 is 0. The van der Waals surface area contributed by atoms with Gasteiger partial charge in [0.05, 0.1) is 19.1 Å². The number of nitrogens with one attached hydrogen (secondary N) is 1. The van der Waals surface area contributed by atoms with E-state index in [0.717, 1.165) is 45.4 Å². The molecular weight excluding hydrogens is 264 g/mol. The summed E-state index contributed by atoms with van der Waals surface area (Å²) < 4.78 is 5.83. The zero-order chi connectivity index (χ0) is 14.5. The van der Waals surface area contributed by atoms with Gasteiger partial charge in [0.15, 0.2) is 0 Å². The van der Waals surface area contributed by atoms with E-state index in [1.165, 1.54) is 11.1 Å². The molecule has 4 nitrogen and oxygen atoms in total. The van der Waals surface area contributed by atoms with Crippen LogP contribution in [0, 0.1) is 0 Å². The van der Waals surface area contributed by atoms with Crippen LogP contribution >= 0.6 is 0 Å². The van der Waals surface area contributed by atoms with Gasteiger partial charge in [0.1, 0.15) is 0 Å². The Morgan fingerprint density at radius 1 is 1.24 bits per heavy atom. The molecule has 0 spiro atoms. The summed E-state index contributed by atoms with van der Waals surface area (Å²) in [5.41, 5.74) is 2.67. The zero-order valence-electron chi connectivity index (χ0n) is 12.5. The van der Waals surface area contributed by atoms with Crippen LogP contribution in [-0.4, -0.2) is 43.2 Å². The number of rotatable bonds is 4. The highest BCUT2D eigenvalue weighted by Crippen LogP contribution is 2.19. The van der Waals surface area contributed by atoms with E-state index in [1.807, 2.05) is 11.0 Å². The number of hydrogen-bond donors (Lipinski definition) is 1. The second-order valence-electron chi connectivity index (χ2n) is 5.90. The number of carbonyl (C=O) groups is 1. The maximum absolute atomic E-state index is 12.3. The zero-order valence-corrected chi connectivity index (χ0v) is 12.5. The maximum Gasteiger partial charge on any atom is 0.225 e. The van der Waals surface area contributed by atoms with Gasteiger partial charge in [-0.15, -0.1) is 0 Å². The van der Waals surface area contributed by atoms with Gasteiger partial charge in [-0.1, -0.05) is 24.3 Å². The first kappa shape index (κ1) is 14.5. The lowest BCUT2D eigenvalue weighted by molar-refractivity contribution is -0.133. The number of piperidine rings is 1. The highest BCUT2D eigenvalue weighted by molar-refractivity contribution is 5.76. The molecule has 1 aromatic rings. The first-order valence-electron chi connectivity index (χ1n) is 8.00. The van der Waals surface area contributed by atoms with Crippen LogP contribution in [0.15, 0.2) is 24.3 Å².